The van der Waals surface area contributed by atoms with Crippen LogP contribution >= 0.6 is 0 Å². The lowest BCUT2D eigenvalue weighted by Crippen LogP contribution is -2.10. The topological polar surface area (TPSA) is 56.3 Å². The van der Waals surface area contributed by atoms with Gasteiger partial charge in [-0.1, -0.05) is 0 Å². The molecule has 0 unspecified atom stereocenters. The lowest BCUT2D eigenvalue weighted by Gasteiger charge is -2.16. The maximum atomic E-state index is 5.82. The molecule has 1 aromatic heterocycles. The number of nitrogens with zero attached hydrogens (tertiary/aromatic N) is 2. The van der Waals surface area contributed by atoms with E-state index in [9.17, 15) is 0 Å². The molecule has 0 amide bonds. The second-order valence-electron chi connectivity index (χ2n) is 4.58. The second-order valence-corrected chi connectivity index (χ2v) is 4.58. The Morgan fingerprint density at radius 2 is 2.10 bits per heavy atom. The predicted octanol–water partition coefficient (Wildman–Crippen LogP) is 2.88. The standard InChI is InChI=1S/C15H19N3O2/c1-11(2)20-14-8-13(19-3)5-4-12(14)9-18-15-10-16-6-7-17-15/h4-8,10-11H,9H2,1-3H3,(H,17,18). The molecule has 0 radical (unpaired) electrons. The van der Waals surface area contributed by atoms with E-state index >= 15 is 0 Å². The molecule has 0 aliphatic heterocycles. The quantitative estimate of drug-likeness (QED) is 0.877. The zero-order chi connectivity index (χ0) is 14.4. The van der Waals surface area contributed by atoms with Crippen molar-refractivity contribution in [3.8, 4) is 11.5 Å². The first-order chi connectivity index (χ1) is 9.69. The molecule has 0 fully saturated rings. The minimum absolute atomic E-state index is 0.109. The Morgan fingerprint density at radius 1 is 1.25 bits per heavy atom. The Kier molecular flexibility index (Phi) is 4.76. The van der Waals surface area contributed by atoms with Crippen LogP contribution in [0.15, 0.2) is 36.8 Å². The molecule has 0 saturated carbocycles. The van der Waals surface area contributed by atoms with Crippen LogP contribution in [0, 0.1) is 0 Å². The van der Waals surface area contributed by atoms with Crippen LogP contribution in [0.4, 0.5) is 5.82 Å². The maximum absolute atomic E-state index is 5.82. The highest BCUT2D eigenvalue weighted by Crippen LogP contribution is 2.26. The van der Waals surface area contributed by atoms with E-state index in [4.69, 9.17) is 9.47 Å². The third-order valence-electron chi connectivity index (χ3n) is 2.66. The van der Waals surface area contributed by atoms with Gasteiger partial charge in [-0.3, -0.25) is 4.98 Å². The molecule has 2 rings (SSSR count). The van der Waals surface area contributed by atoms with Gasteiger partial charge in [-0.25, -0.2) is 4.98 Å². The predicted molar refractivity (Wildman–Crippen MR) is 78.1 cm³/mol. The monoisotopic (exact) mass is 273 g/mol. The number of ether oxygens (including phenoxy) is 2. The zero-order valence-electron chi connectivity index (χ0n) is 12.0. The highest BCUT2D eigenvalue weighted by molar-refractivity contribution is 5.43. The van der Waals surface area contributed by atoms with E-state index in [1.807, 2.05) is 32.0 Å². The molecule has 2 aromatic rings. The third kappa shape index (κ3) is 3.85. The summed E-state index contributed by atoms with van der Waals surface area (Å²) in [4.78, 5) is 8.20. The van der Waals surface area contributed by atoms with Crippen molar-refractivity contribution in [3.63, 3.8) is 0 Å². The molecule has 0 atom stereocenters. The average Bonchev–Trinajstić information content (AvgIpc) is 2.46. The highest BCUT2D eigenvalue weighted by atomic mass is 16.5. The zero-order valence-corrected chi connectivity index (χ0v) is 12.0. The minimum Gasteiger partial charge on any atom is -0.497 e. The number of nitrogens with one attached hydrogen (secondary N) is 1. The van der Waals surface area contributed by atoms with Gasteiger partial charge in [0.1, 0.15) is 17.3 Å². The van der Waals surface area contributed by atoms with Crippen LogP contribution in [0.1, 0.15) is 19.4 Å². The normalized spacial score (nSPS) is 10.4. The first-order valence-corrected chi connectivity index (χ1v) is 6.52. The average molecular weight is 273 g/mol. The van der Waals surface area contributed by atoms with E-state index in [1.165, 1.54) is 0 Å². The van der Waals surface area contributed by atoms with Crippen LogP contribution in [0.2, 0.25) is 0 Å². The Hall–Kier alpha value is -2.30. The van der Waals surface area contributed by atoms with Gasteiger partial charge < -0.3 is 14.8 Å². The fraction of sp³-hybridized carbons (Fsp3) is 0.333. The van der Waals surface area contributed by atoms with E-state index in [1.54, 1.807) is 25.7 Å². The molecule has 5 nitrogen and oxygen atoms in total. The van der Waals surface area contributed by atoms with Crippen LogP contribution in [0.3, 0.4) is 0 Å². The van der Waals surface area contributed by atoms with Crippen molar-refractivity contribution in [3.05, 3.63) is 42.4 Å². The van der Waals surface area contributed by atoms with Crippen LogP contribution in [0.5, 0.6) is 11.5 Å². The van der Waals surface area contributed by atoms with Gasteiger partial charge in [-0.05, 0) is 26.0 Å². The van der Waals surface area contributed by atoms with Crippen LogP contribution in [0.25, 0.3) is 0 Å². The van der Waals surface area contributed by atoms with Crippen LogP contribution in [-0.4, -0.2) is 23.2 Å². The fourth-order valence-corrected chi connectivity index (χ4v) is 1.75. The number of aromatic nitrogens is 2. The van der Waals surface area contributed by atoms with Crippen molar-refractivity contribution in [2.75, 3.05) is 12.4 Å². The molecule has 20 heavy (non-hydrogen) atoms. The molecule has 0 aliphatic rings. The molecule has 0 saturated heterocycles. The molecule has 1 aromatic carbocycles. The SMILES string of the molecule is COc1ccc(CNc2cnccn2)c(OC(C)C)c1. The van der Waals surface area contributed by atoms with E-state index in [2.05, 4.69) is 15.3 Å². The van der Waals surface area contributed by atoms with Crippen molar-refractivity contribution in [2.24, 2.45) is 0 Å². The lowest BCUT2D eigenvalue weighted by atomic mass is 10.2. The molecule has 0 bridgehead atoms. The van der Waals surface area contributed by atoms with Crippen LogP contribution in [-0.2, 0) is 6.54 Å². The smallest absolute Gasteiger partial charge is 0.144 e. The number of methoxy groups -OCH3 is 1. The molecule has 0 spiro atoms. The third-order valence-corrected chi connectivity index (χ3v) is 2.66. The number of hydrogen-bond acceptors (Lipinski definition) is 5. The summed E-state index contributed by atoms with van der Waals surface area (Å²) in [7, 11) is 1.64. The van der Waals surface area contributed by atoms with Crippen molar-refractivity contribution in [1.82, 2.24) is 9.97 Å². The van der Waals surface area contributed by atoms with Gasteiger partial charge in [-0.15, -0.1) is 0 Å². The van der Waals surface area contributed by atoms with Crippen LogP contribution < -0.4 is 14.8 Å². The summed E-state index contributed by atoms with van der Waals surface area (Å²) in [5.74, 6) is 2.33. The molecule has 1 heterocycles. The Morgan fingerprint density at radius 3 is 2.75 bits per heavy atom. The van der Waals surface area contributed by atoms with Crippen molar-refractivity contribution in [1.29, 1.82) is 0 Å². The van der Waals surface area contributed by atoms with Crippen molar-refractivity contribution >= 4 is 5.82 Å². The summed E-state index contributed by atoms with van der Waals surface area (Å²) < 4.78 is 11.1. The maximum Gasteiger partial charge on any atom is 0.144 e. The largest absolute Gasteiger partial charge is 0.497 e. The molecule has 1 N–H and O–H groups in total. The molecular weight excluding hydrogens is 254 g/mol. The van der Waals surface area contributed by atoms with Gasteiger partial charge in [0.25, 0.3) is 0 Å². The van der Waals surface area contributed by atoms with Crippen molar-refractivity contribution in [2.45, 2.75) is 26.5 Å². The summed E-state index contributed by atoms with van der Waals surface area (Å²) in [5.41, 5.74) is 1.05. The first-order valence-electron chi connectivity index (χ1n) is 6.52. The van der Waals surface area contributed by atoms with Gasteiger partial charge in [0.15, 0.2) is 0 Å². The number of anilines is 1. The fourth-order valence-electron chi connectivity index (χ4n) is 1.75. The van der Waals surface area contributed by atoms with Gasteiger partial charge in [0, 0.05) is 30.6 Å². The molecule has 0 aliphatic carbocycles. The summed E-state index contributed by atoms with van der Waals surface area (Å²) >= 11 is 0. The first kappa shape index (κ1) is 14.1. The Labute approximate surface area is 119 Å². The van der Waals surface area contributed by atoms with Gasteiger partial charge in [-0.2, -0.15) is 0 Å². The summed E-state index contributed by atoms with van der Waals surface area (Å²) in [6.07, 6.45) is 5.10. The molecule has 106 valence electrons. The van der Waals surface area contributed by atoms with E-state index in [0.29, 0.717) is 6.54 Å². The van der Waals surface area contributed by atoms with Crippen molar-refractivity contribution < 1.29 is 9.47 Å². The molecular formula is C15H19N3O2. The summed E-state index contributed by atoms with van der Waals surface area (Å²) in [6.45, 7) is 4.61. The number of rotatable bonds is 6. The number of benzene rings is 1. The highest BCUT2D eigenvalue weighted by Gasteiger charge is 2.08. The molecule has 5 heteroatoms. The van der Waals surface area contributed by atoms with Gasteiger partial charge in [0.2, 0.25) is 0 Å². The number of hydrogen-bond donors (Lipinski definition) is 1. The van der Waals surface area contributed by atoms with E-state index in [-0.39, 0.29) is 6.10 Å². The Bertz CT molecular complexity index is 544. The second kappa shape index (κ2) is 6.75. The van der Waals surface area contributed by atoms with Gasteiger partial charge in [0.05, 0.1) is 19.4 Å². The van der Waals surface area contributed by atoms with Gasteiger partial charge >= 0.3 is 0 Å². The Balaban J connectivity index is 2.13. The van der Waals surface area contributed by atoms with E-state index < -0.39 is 0 Å². The van der Waals surface area contributed by atoms with E-state index in [0.717, 1.165) is 22.9 Å². The lowest BCUT2D eigenvalue weighted by molar-refractivity contribution is 0.239. The summed E-state index contributed by atoms with van der Waals surface area (Å²) in [6, 6.07) is 5.80. The summed E-state index contributed by atoms with van der Waals surface area (Å²) in [5, 5.41) is 3.22. The minimum atomic E-state index is 0.109.